The Morgan fingerprint density at radius 3 is 3.00 bits per heavy atom. The summed E-state index contributed by atoms with van der Waals surface area (Å²) in [5.41, 5.74) is 1.08. The highest BCUT2D eigenvalue weighted by Gasteiger charge is 2.01. The molecular weight excluding hydrogens is 150 g/mol. The molecule has 1 rings (SSSR count). The van der Waals surface area contributed by atoms with Gasteiger partial charge in [0.25, 0.3) is 0 Å². The SMILES string of the molecule is [CH2]CCc1nc(CCCC)co1. The minimum absolute atomic E-state index is 0.830. The van der Waals surface area contributed by atoms with E-state index in [9.17, 15) is 0 Å². The smallest absolute Gasteiger partial charge is 0.194 e. The van der Waals surface area contributed by atoms with E-state index < -0.39 is 0 Å². The van der Waals surface area contributed by atoms with Crippen LogP contribution in [-0.2, 0) is 12.8 Å². The van der Waals surface area contributed by atoms with Crippen LogP contribution in [0, 0.1) is 6.92 Å². The number of aryl methyl sites for hydroxylation is 2. The highest BCUT2D eigenvalue weighted by Crippen LogP contribution is 2.07. The van der Waals surface area contributed by atoms with Crippen molar-refractivity contribution in [3.05, 3.63) is 24.8 Å². The lowest BCUT2D eigenvalue weighted by Crippen LogP contribution is -1.87. The lowest BCUT2D eigenvalue weighted by atomic mass is 10.2. The van der Waals surface area contributed by atoms with E-state index >= 15 is 0 Å². The first-order chi connectivity index (χ1) is 5.86. The zero-order valence-corrected chi connectivity index (χ0v) is 7.68. The fraction of sp³-hybridized carbons (Fsp3) is 0.600. The monoisotopic (exact) mass is 166 g/mol. The molecule has 0 fully saturated rings. The minimum Gasteiger partial charge on any atom is -0.449 e. The van der Waals surface area contributed by atoms with E-state index in [1.807, 2.05) is 0 Å². The zero-order chi connectivity index (χ0) is 8.81. The van der Waals surface area contributed by atoms with Gasteiger partial charge in [-0.15, -0.1) is 0 Å². The van der Waals surface area contributed by atoms with E-state index in [0.29, 0.717) is 0 Å². The zero-order valence-electron chi connectivity index (χ0n) is 7.68. The van der Waals surface area contributed by atoms with Crippen LogP contribution in [0.3, 0.4) is 0 Å². The van der Waals surface area contributed by atoms with Crippen molar-refractivity contribution in [3.63, 3.8) is 0 Å². The molecule has 0 N–H and O–H groups in total. The molecule has 0 aromatic carbocycles. The lowest BCUT2D eigenvalue weighted by molar-refractivity contribution is 0.494. The van der Waals surface area contributed by atoms with E-state index in [-0.39, 0.29) is 0 Å². The van der Waals surface area contributed by atoms with Gasteiger partial charge in [-0.1, -0.05) is 20.3 Å². The van der Waals surface area contributed by atoms with Gasteiger partial charge in [-0.2, -0.15) is 0 Å². The second kappa shape index (κ2) is 4.96. The third kappa shape index (κ3) is 2.68. The molecule has 0 bridgehead atoms. The van der Waals surface area contributed by atoms with Gasteiger partial charge in [-0.3, -0.25) is 0 Å². The summed E-state index contributed by atoms with van der Waals surface area (Å²) in [6.07, 6.45) is 6.91. The summed E-state index contributed by atoms with van der Waals surface area (Å²) in [7, 11) is 0. The maximum Gasteiger partial charge on any atom is 0.194 e. The van der Waals surface area contributed by atoms with Crippen molar-refractivity contribution in [2.45, 2.75) is 39.0 Å². The number of hydrogen-bond donors (Lipinski definition) is 0. The van der Waals surface area contributed by atoms with Gasteiger partial charge in [-0.05, 0) is 19.3 Å². The molecule has 0 saturated carbocycles. The van der Waals surface area contributed by atoms with Crippen LogP contribution in [0.5, 0.6) is 0 Å². The molecule has 1 radical (unpaired) electrons. The Morgan fingerprint density at radius 2 is 2.33 bits per heavy atom. The van der Waals surface area contributed by atoms with Crippen LogP contribution in [0.15, 0.2) is 10.7 Å². The Morgan fingerprint density at radius 1 is 1.50 bits per heavy atom. The topological polar surface area (TPSA) is 26.0 Å². The molecule has 0 spiro atoms. The van der Waals surface area contributed by atoms with Crippen molar-refractivity contribution in [2.75, 3.05) is 0 Å². The average Bonchev–Trinajstić information content (AvgIpc) is 2.50. The molecule has 67 valence electrons. The van der Waals surface area contributed by atoms with Gasteiger partial charge in [0, 0.05) is 6.42 Å². The van der Waals surface area contributed by atoms with Crippen LogP contribution in [0.1, 0.15) is 37.8 Å². The molecule has 0 saturated heterocycles. The fourth-order valence-corrected chi connectivity index (χ4v) is 1.09. The van der Waals surface area contributed by atoms with E-state index in [4.69, 9.17) is 4.42 Å². The maximum atomic E-state index is 5.25. The molecule has 0 atom stereocenters. The molecule has 2 heteroatoms. The molecule has 0 aliphatic rings. The van der Waals surface area contributed by atoms with Crippen LogP contribution in [0.4, 0.5) is 0 Å². The highest BCUT2D eigenvalue weighted by atomic mass is 16.3. The van der Waals surface area contributed by atoms with Crippen molar-refractivity contribution in [1.29, 1.82) is 0 Å². The van der Waals surface area contributed by atoms with Crippen molar-refractivity contribution < 1.29 is 4.42 Å². The summed E-state index contributed by atoms with van der Waals surface area (Å²) in [4.78, 5) is 4.33. The summed E-state index contributed by atoms with van der Waals surface area (Å²) in [5.74, 6) is 0.830. The van der Waals surface area contributed by atoms with E-state index in [1.54, 1.807) is 6.26 Å². The molecule has 2 nitrogen and oxygen atoms in total. The summed E-state index contributed by atoms with van der Waals surface area (Å²) in [6.45, 7) is 5.93. The Balaban J connectivity index is 2.41. The van der Waals surface area contributed by atoms with Gasteiger partial charge in [0.2, 0.25) is 0 Å². The Kier molecular flexibility index (Phi) is 3.85. The fourth-order valence-electron chi connectivity index (χ4n) is 1.09. The van der Waals surface area contributed by atoms with Gasteiger partial charge >= 0.3 is 0 Å². The molecule has 0 unspecified atom stereocenters. The second-order valence-corrected chi connectivity index (χ2v) is 2.94. The number of unbranched alkanes of at least 4 members (excludes halogenated alkanes) is 1. The second-order valence-electron chi connectivity index (χ2n) is 2.94. The van der Waals surface area contributed by atoms with Crippen LogP contribution >= 0.6 is 0 Å². The molecule has 12 heavy (non-hydrogen) atoms. The van der Waals surface area contributed by atoms with Crippen molar-refractivity contribution in [1.82, 2.24) is 4.98 Å². The molecule has 1 aromatic heterocycles. The van der Waals surface area contributed by atoms with Crippen molar-refractivity contribution >= 4 is 0 Å². The summed E-state index contributed by atoms with van der Waals surface area (Å²) in [5, 5.41) is 0. The first kappa shape index (κ1) is 9.30. The van der Waals surface area contributed by atoms with Gasteiger partial charge in [0.15, 0.2) is 5.89 Å². The highest BCUT2D eigenvalue weighted by molar-refractivity contribution is 4.96. The molecule has 1 aromatic rings. The normalized spacial score (nSPS) is 10.5. The molecule has 0 aliphatic heterocycles. The Hall–Kier alpha value is -0.790. The van der Waals surface area contributed by atoms with Crippen LogP contribution in [0.2, 0.25) is 0 Å². The van der Waals surface area contributed by atoms with Gasteiger partial charge in [-0.25, -0.2) is 4.98 Å². The molecule has 1 heterocycles. The minimum atomic E-state index is 0.830. The number of nitrogens with zero attached hydrogens (tertiary/aromatic N) is 1. The average molecular weight is 166 g/mol. The van der Waals surface area contributed by atoms with Crippen LogP contribution in [-0.4, -0.2) is 4.98 Å². The Labute approximate surface area is 74.0 Å². The standard InChI is InChI=1S/C10H16NO/c1-3-5-7-9-8-12-10(11-9)6-4-2/h8H,2-7H2,1H3. The predicted molar refractivity (Wildman–Crippen MR) is 48.8 cm³/mol. The third-order valence-electron chi connectivity index (χ3n) is 1.78. The van der Waals surface area contributed by atoms with E-state index in [0.717, 1.165) is 30.8 Å². The number of oxazole rings is 1. The predicted octanol–water partition coefficient (Wildman–Crippen LogP) is 2.78. The first-order valence-corrected chi connectivity index (χ1v) is 4.59. The molecule has 0 amide bonds. The van der Waals surface area contributed by atoms with Gasteiger partial charge < -0.3 is 4.42 Å². The number of aromatic nitrogens is 1. The number of rotatable bonds is 5. The van der Waals surface area contributed by atoms with Crippen LogP contribution < -0.4 is 0 Å². The van der Waals surface area contributed by atoms with Gasteiger partial charge in [0.1, 0.15) is 6.26 Å². The van der Waals surface area contributed by atoms with Crippen LogP contribution in [0.25, 0.3) is 0 Å². The van der Waals surface area contributed by atoms with Crippen molar-refractivity contribution in [2.24, 2.45) is 0 Å². The largest absolute Gasteiger partial charge is 0.449 e. The summed E-state index contributed by atoms with van der Waals surface area (Å²) < 4.78 is 5.25. The molecule has 0 aliphatic carbocycles. The summed E-state index contributed by atoms with van der Waals surface area (Å²) in [6, 6.07) is 0. The molecular formula is C10H16NO. The lowest BCUT2D eigenvalue weighted by Gasteiger charge is -1.89. The third-order valence-corrected chi connectivity index (χ3v) is 1.78. The summed E-state index contributed by atoms with van der Waals surface area (Å²) >= 11 is 0. The van der Waals surface area contributed by atoms with E-state index in [2.05, 4.69) is 18.8 Å². The Bertz CT molecular complexity index is 217. The van der Waals surface area contributed by atoms with E-state index in [1.165, 1.54) is 12.8 Å². The van der Waals surface area contributed by atoms with Gasteiger partial charge in [0.05, 0.1) is 5.69 Å². The van der Waals surface area contributed by atoms with Crippen molar-refractivity contribution in [3.8, 4) is 0 Å². The maximum absolute atomic E-state index is 5.25. The quantitative estimate of drug-likeness (QED) is 0.672. The first-order valence-electron chi connectivity index (χ1n) is 4.59. The number of hydrogen-bond acceptors (Lipinski definition) is 2.